The lowest BCUT2D eigenvalue weighted by Gasteiger charge is -2.29. The zero-order chi connectivity index (χ0) is 13.5. The Hall–Kier alpha value is 0.310. The highest BCUT2D eigenvalue weighted by atomic mass is 127. The van der Waals surface area contributed by atoms with Crippen molar-refractivity contribution in [2.75, 3.05) is 50.8 Å². The summed E-state index contributed by atoms with van der Waals surface area (Å²) < 4.78 is 0. The highest BCUT2D eigenvalue weighted by Gasteiger charge is 2.15. The minimum Gasteiger partial charge on any atom is -0.370 e. The van der Waals surface area contributed by atoms with E-state index in [1.54, 1.807) is 0 Å². The van der Waals surface area contributed by atoms with Gasteiger partial charge >= 0.3 is 0 Å². The number of thioether (sulfide) groups is 1. The number of likely N-dealkylation sites (tertiary alicyclic amines) is 1. The Morgan fingerprint density at radius 3 is 2.45 bits per heavy atom. The van der Waals surface area contributed by atoms with Crippen molar-refractivity contribution in [3.8, 4) is 0 Å². The van der Waals surface area contributed by atoms with Crippen molar-refractivity contribution in [3.05, 3.63) is 0 Å². The second-order valence-corrected chi connectivity index (χ2v) is 6.99. The molecule has 2 N–H and O–H groups in total. The molecule has 2 aliphatic rings. The molecule has 1 unspecified atom stereocenters. The molecule has 2 fully saturated rings. The number of nitrogens with two attached hydrogens (primary N) is 1. The van der Waals surface area contributed by atoms with Crippen molar-refractivity contribution < 1.29 is 0 Å². The van der Waals surface area contributed by atoms with Crippen LogP contribution in [0, 0.1) is 5.92 Å². The van der Waals surface area contributed by atoms with E-state index in [1.165, 1.54) is 50.4 Å². The van der Waals surface area contributed by atoms with E-state index in [9.17, 15) is 0 Å². The van der Waals surface area contributed by atoms with Gasteiger partial charge in [0.2, 0.25) is 0 Å². The van der Waals surface area contributed by atoms with Crippen LogP contribution in [0.4, 0.5) is 0 Å². The van der Waals surface area contributed by atoms with Gasteiger partial charge in [-0.15, -0.1) is 24.0 Å². The maximum atomic E-state index is 6.08. The number of hydrogen-bond acceptors (Lipinski definition) is 3. The second kappa shape index (κ2) is 10.1. The molecule has 4 nitrogen and oxygen atoms in total. The van der Waals surface area contributed by atoms with Gasteiger partial charge in [0.05, 0.1) is 0 Å². The number of piperidine rings is 1. The van der Waals surface area contributed by atoms with Crippen LogP contribution in [0.2, 0.25) is 0 Å². The first-order valence-electron chi connectivity index (χ1n) is 7.60. The van der Waals surface area contributed by atoms with Gasteiger partial charge in [0, 0.05) is 37.7 Å². The van der Waals surface area contributed by atoms with E-state index in [0.717, 1.165) is 25.6 Å². The lowest BCUT2D eigenvalue weighted by Crippen LogP contribution is -2.43. The summed E-state index contributed by atoms with van der Waals surface area (Å²) in [6.45, 7) is 8.98. The first kappa shape index (κ1) is 18.4. The van der Waals surface area contributed by atoms with Crippen LogP contribution >= 0.6 is 35.7 Å². The Morgan fingerprint density at radius 1 is 1.15 bits per heavy atom. The van der Waals surface area contributed by atoms with E-state index in [4.69, 9.17) is 5.73 Å². The van der Waals surface area contributed by atoms with E-state index >= 15 is 0 Å². The minimum atomic E-state index is 0. The summed E-state index contributed by atoms with van der Waals surface area (Å²) in [5.41, 5.74) is 6.08. The SMILES string of the molecule is CC(CN=C(N)N1CCSCC1)CN1CCCCC1.I. The third-order valence-corrected chi connectivity index (χ3v) is 4.86. The van der Waals surface area contributed by atoms with E-state index in [-0.39, 0.29) is 24.0 Å². The molecule has 2 heterocycles. The number of nitrogens with zero attached hydrogens (tertiary/aromatic N) is 3. The minimum absolute atomic E-state index is 0. The number of guanidine groups is 1. The number of hydrogen-bond donors (Lipinski definition) is 1. The smallest absolute Gasteiger partial charge is 0.191 e. The Labute approximate surface area is 144 Å². The van der Waals surface area contributed by atoms with Crippen LogP contribution in [0.1, 0.15) is 26.2 Å². The van der Waals surface area contributed by atoms with Gasteiger partial charge in [-0.2, -0.15) is 11.8 Å². The number of halogens is 1. The molecule has 0 aromatic rings. The fraction of sp³-hybridized carbons (Fsp3) is 0.929. The quantitative estimate of drug-likeness (QED) is 0.437. The Balaban J connectivity index is 0.00000200. The van der Waals surface area contributed by atoms with Crippen LogP contribution in [-0.2, 0) is 0 Å². The Morgan fingerprint density at radius 2 is 1.80 bits per heavy atom. The van der Waals surface area contributed by atoms with Crippen molar-refractivity contribution in [1.29, 1.82) is 0 Å². The largest absolute Gasteiger partial charge is 0.370 e. The molecule has 0 aromatic heterocycles. The van der Waals surface area contributed by atoms with Crippen molar-refractivity contribution in [2.45, 2.75) is 26.2 Å². The van der Waals surface area contributed by atoms with E-state index < -0.39 is 0 Å². The molecule has 20 heavy (non-hydrogen) atoms. The zero-order valence-corrected chi connectivity index (χ0v) is 15.7. The Kier molecular flexibility index (Phi) is 9.28. The zero-order valence-electron chi connectivity index (χ0n) is 12.6. The molecule has 118 valence electrons. The average molecular weight is 412 g/mol. The van der Waals surface area contributed by atoms with Crippen LogP contribution in [0.15, 0.2) is 4.99 Å². The van der Waals surface area contributed by atoms with Crippen LogP contribution in [0.3, 0.4) is 0 Å². The van der Waals surface area contributed by atoms with Gasteiger partial charge in [-0.1, -0.05) is 13.3 Å². The van der Waals surface area contributed by atoms with Gasteiger partial charge in [0.15, 0.2) is 5.96 Å². The monoisotopic (exact) mass is 412 g/mol. The predicted molar refractivity (Wildman–Crippen MR) is 100 cm³/mol. The normalized spacial score (nSPS) is 23.2. The molecule has 2 aliphatic heterocycles. The maximum Gasteiger partial charge on any atom is 0.191 e. The third-order valence-electron chi connectivity index (χ3n) is 3.92. The second-order valence-electron chi connectivity index (χ2n) is 5.76. The summed E-state index contributed by atoms with van der Waals surface area (Å²) in [4.78, 5) is 9.40. The summed E-state index contributed by atoms with van der Waals surface area (Å²) in [7, 11) is 0. The van der Waals surface area contributed by atoms with Crippen LogP contribution in [0.5, 0.6) is 0 Å². The third kappa shape index (κ3) is 6.39. The fourth-order valence-electron chi connectivity index (χ4n) is 2.78. The molecular weight excluding hydrogens is 383 g/mol. The van der Waals surface area contributed by atoms with Crippen LogP contribution in [-0.4, -0.2) is 66.5 Å². The highest BCUT2D eigenvalue weighted by Crippen LogP contribution is 2.12. The van der Waals surface area contributed by atoms with Crippen LogP contribution < -0.4 is 5.73 Å². The van der Waals surface area contributed by atoms with Gasteiger partial charge in [-0.05, 0) is 31.8 Å². The number of rotatable bonds is 4. The van der Waals surface area contributed by atoms with E-state index in [1.807, 2.05) is 11.8 Å². The number of aliphatic imine (C=N–C) groups is 1. The summed E-state index contributed by atoms with van der Waals surface area (Å²) in [6, 6.07) is 0. The van der Waals surface area contributed by atoms with Gasteiger partial charge in [-0.3, -0.25) is 4.99 Å². The molecule has 0 spiro atoms. The van der Waals surface area contributed by atoms with Crippen molar-refractivity contribution in [3.63, 3.8) is 0 Å². The standard InChI is InChI=1S/C14H28N4S.HI/c1-13(12-17-5-3-2-4-6-17)11-16-14(15)18-7-9-19-10-8-18;/h13H,2-12H2,1H3,(H2,15,16);1H. The predicted octanol–water partition coefficient (Wildman–Crippen LogP) is 2.09. The highest BCUT2D eigenvalue weighted by molar-refractivity contribution is 14.0. The molecule has 1 atom stereocenters. The molecule has 0 radical (unpaired) electrons. The first-order chi connectivity index (χ1) is 9.25. The Bertz CT molecular complexity index is 289. The topological polar surface area (TPSA) is 44.9 Å². The summed E-state index contributed by atoms with van der Waals surface area (Å²) in [6.07, 6.45) is 4.14. The summed E-state index contributed by atoms with van der Waals surface area (Å²) >= 11 is 2.00. The van der Waals surface area contributed by atoms with Gasteiger partial charge in [0.25, 0.3) is 0 Å². The molecule has 0 bridgehead atoms. The summed E-state index contributed by atoms with van der Waals surface area (Å²) in [5.74, 6) is 3.72. The van der Waals surface area contributed by atoms with Crippen LogP contribution in [0.25, 0.3) is 0 Å². The summed E-state index contributed by atoms with van der Waals surface area (Å²) in [5, 5.41) is 0. The first-order valence-corrected chi connectivity index (χ1v) is 8.76. The lowest BCUT2D eigenvalue weighted by atomic mass is 10.1. The molecule has 0 aromatic carbocycles. The molecule has 0 saturated carbocycles. The lowest BCUT2D eigenvalue weighted by molar-refractivity contribution is 0.202. The van der Waals surface area contributed by atoms with E-state index in [2.05, 4.69) is 21.7 Å². The van der Waals surface area contributed by atoms with Gasteiger partial charge < -0.3 is 15.5 Å². The molecular formula is C14H29IN4S. The fourth-order valence-corrected chi connectivity index (χ4v) is 3.69. The molecule has 0 aliphatic carbocycles. The molecule has 6 heteroatoms. The molecule has 2 saturated heterocycles. The molecule has 2 rings (SSSR count). The van der Waals surface area contributed by atoms with Crippen molar-refractivity contribution in [2.24, 2.45) is 16.6 Å². The van der Waals surface area contributed by atoms with Gasteiger partial charge in [0.1, 0.15) is 0 Å². The van der Waals surface area contributed by atoms with Crippen molar-refractivity contribution >= 4 is 41.7 Å². The molecule has 0 amide bonds. The van der Waals surface area contributed by atoms with E-state index in [0.29, 0.717) is 5.92 Å². The maximum absolute atomic E-state index is 6.08. The van der Waals surface area contributed by atoms with Crippen molar-refractivity contribution in [1.82, 2.24) is 9.80 Å². The average Bonchev–Trinajstić information content (AvgIpc) is 2.47. The van der Waals surface area contributed by atoms with Gasteiger partial charge in [-0.25, -0.2) is 0 Å².